The van der Waals surface area contributed by atoms with E-state index in [1.165, 1.54) is 49.1 Å². The first-order valence-electron chi connectivity index (χ1n) is 9.33. The van der Waals surface area contributed by atoms with Crippen LogP contribution in [0.15, 0.2) is 41.8 Å². The largest absolute Gasteiger partial charge is 0.399 e. The zero-order valence-electron chi connectivity index (χ0n) is 15.2. The van der Waals surface area contributed by atoms with Crippen molar-refractivity contribution in [2.75, 3.05) is 18.8 Å². The molecule has 2 nitrogen and oxygen atoms in total. The maximum Gasteiger partial charge on any atom is 0.0314 e. The summed E-state index contributed by atoms with van der Waals surface area (Å²) in [6, 6.07) is 13.5. The van der Waals surface area contributed by atoms with Crippen LogP contribution in [0, 0.1) is 0 Å². The summed E-state index contributed by atoms with van der Waals surface area (Å²) in [6.45, 7) is 6.97. The van der Waals surface area contributed by atoms with E-state index in [0.717, 1.165) is 18.7 Å². The van der Waals surface area contributed by atoms with E-state index < -0.39 is 0 Å². The molecule has 0 aliphatic heterocycles. The Morgan fingerprint density at radius 3 is 2.50 bits per heavy atom. The first-order valence-corrected chi connectivity index (χ1v) is 10.2. The monoisotopic (exact) mass is 344 g/mol. The topological polar surface area (TPSA) is 29.3 Å². The van der Waals surface area contributed by atoms with Gasteiger partial charge < -0.3 is 10.6 Å². The van der Waals surface area contributed by atoms with Crippen molar-refractivity contribution in [1.82, 2.24) is 4.90 Å². The maximum absolute atomic E-state index is 5.75. The van der Waals surface area contributed by atoms with Gasteiger partial charge >= 0.3 is 0 Å². The van der Waals surface area contributed by atoms with E-state index >= 15 is 0 Å². The highest BCUT2D eigenvalue weighted by Crippen LogP contribution is 2.18. The second kappa shape index (κ2) is 10.5. The van der Waals surface area contributed by atoms with Crippen molar-refractivity contribution in [2.24, 2.45) is 0 Å². The molecule has 0 aliphatic rings. The third-order valence-corrected chi connectivity index (χ3v) is 5.60. The second-order valence-corrected chi connectivity index (χ2v) is 7.59. The van der Waals surface area contributed by atoms with Gasteiger partial charge in [-0.2, -0.15) is 0 Å². The number of likely N-dealkylation sites (N-methyl/N-ethyl adjacent to an activating group) is 1. The summed E-state index contributed by atoms with van der Waals surface area (Å²) in [6.07, 6.45) is 7.43. The minimum Gasteiger partial charge on any atom is -0.399 e. The lowest BCUT2D eigenvalue weighted by molar-refractivity contribution is 0.190. The van der Waals surface area contributed by atoms with Crippen molar-refractivity contribution in [3.63, 3.8) is 0 Å². The molecule has 0 saturated heterocycles. The van der Waals surface area contributed by atoms with Crippen LogP contribution in [-0.4, -0.2) is 24.0 Å². The summed E-state index contributed by atoms with van der Waals surface area (Å²) in [7, 11) is 0. The van der Waals surface area contributed by atoms with E-state index in [-0.39, 0.29) is 0 Å². The lowest BCUT2D eigenvalue weighted by atomic mass is 10.0. The van der Waals surface area contributed by atoms with Crippen LogP contribution in [0.2, 0.25) is 0 Å². The number of aryl methyl sites for hydroxylation is 1. The third-order valence-electron chi connectivity index (χ3n) is 4.70. The lowest BCUT2D eigenvalue weighted by Gasteiger charge is -2.30. The molecule has 1 unspecified atom stereocenters. The molecule has 132 valence electrons. The molecular weight excluding hydrogens is 312 g/mol. The Bertz CT molecular complexity index is 548. The molecule has 3 heteroatoms. The van der Waals surface area contributed by atoms with Gasteiger partial charge in [-0.1, -0.05) is 38.5 Å². The molecule has 0 bridgehead atoms. The van der Waals surface area contributed by atoms with Crippen LogP contribution >= 0.6 is 11.3 Å². The summed E-state index contributed by atoms with van der Waals surface area (Å²) in [5.41, 5.74) is 8.00. The van der Waals surface area contributed by atoms with Gasteiger partial charge in [-0.15, -0.1) is 11.3 Å². The number of nitrogens with zero attached hydrogens (tertiary/aromatic N) is 1. The van der Waals surface area contributed by atoms with Gasteiger partial charge in [-0.3, -0.25) is 0 Å². The molecule has 24 heavy (non-hydrogen) atoms. The summed E-state index contributed by atoms with van der Waals surface area (Å²) >= 11 is 1.89. The van der Waals surface area contributed by atoms with Gasteiger partial charge in [0.05, 0.1) is 0 Å². The predicted octanol–water partition coefficient (Wildman–Crippen LogP) is 5.39. The zero-order valence-corrected chi connectivity index (χ0v) is 16.0. The Balaban J connectivity index is 1.79. The fourth-order valence-corrected chi connectivity index (χ4v) is 4.11. The first-order chi connectivity index (χ1) is 11.7. The second-order valence-electron chi connectivity index (χ2n) is 6.55. The molecular formula is C21H32N2S. The van der Waals surface area contributed by atoms with E-state index in [1.54, 1.807) is 0 Å². The predicted molar refractivity (Wildman–Crippen MR) is 108 cm³/mol. The average molecular weight is 345 g/mol. The van der Waals surface area contributed by atoms with Crippen LogP contribution in [0.25, 0.3) is 0 Å². The lowest BCUT2D eigenvalue weighted by Crippen LogP contribution is -2.37. The van der Waals surface area contributed by atoms with E-state index in [1.807, 2.05) is 23.5 Å². The number of anilines is 1. The number of benzene rings is 1. The van der Waals surface area contributed by atoms with Crippen molar-refractivity contribution in [1.29, 1.82) is 0 Å². The first kappa shape index (κ1) is 19.0. The van der Waals surface area contributed by atoms with Crippen molar-refractivity contribution in [3.8, 4) is 0 Å². The van der Waals surface area contributed by atoms with Gasteiger partial charge in [-0.05, 0) is 74.3 Å². The maximum atomic E-state index is 5.75. The van der Waals surface area contributed by atoms with Crippen LogP contribution in [-0.2, 0) is 12.8 Å². The Morgan fingerprint density at radius 1 is 1.08 bits per heavy atom. The number of nitrogens with two attached hydrogens (primary N) is 1. The van der Waals surface area contributed by atoms with Crippen molar-refractivity contribution >= 4 is 17.0 Å². The molecule has 2 N–H and O–H groups in total. The van der Waals surface area contributed by atoms with Crippen molar-refractivity contribution in [3.05, 3.63) is 52.2 Å². The highest BCUT2D eigenvalue weighted by atomic mass is 32.1. The standard InChI is InChI=1S/C21H32N2S/c1-3-8-20(17-21-10-7-16-24-21)23(4-2)15-6-5-9-18-11-13-19(22)14-12-18/h7,10-14,16,20H,3-6,8-9,15,17,22H2,1-2H3. The Labute approximate surface area is 151 Å². The van der Waals surface area contributed by atoms with Gasteiger partial charge in [0.15, 0.2) is 0 Å². The van der Waals surface area contributed by atoms with Crippen LogP contribution < -0.4 is 5.73 Å². The molecule has 2 aromatic rings. The van der Waals surface area contributed by atoms with Gasteiger partial charge in [0.1, 0.15) is 0 Å². The molecule has 1 aromatic heterocycles. The highest BCUT2D eigenvalue weighted by Gasteiger charge is 2.16. The van der Waals surface area contributed by atoms with E-state index in [4.69, 9.17) is 5.73 Å². The molecule has 1 atom stereocenters. The number of hydrogen-bond acceptors (Lipinski definition) is 3. The van der Waals surface area contributed by atoms with Gasteiger partial charge in [0.25, 0.3) is 0 Å². The molecule has 0 aliphatic carbocycles. The molecule has 0 spiro atoms. The molecule has 1 heterocycles. The minimum absolute atomic E-state index is 0.690. The summed E-state index contributed by atoms with van der Waals surface area (Å²) in [5, 5.41) is 2.20. The smallest absolute Gasteiger partial charge is 0.0314 e. The Kier molecular flexibility index (Phi) is 8.34. The van der Waals surface area contributed by atoms with Crippen LogP contribution in [0.5, 0.6) is 0 Å². The fourth-order valence-electron chi connectivity index (χ4n) is 3.34. The minimum atomic E-state index is 0.690. The van der Waals surface area contributed by atoms with Crippen LogP contribution in [0.3, 0.4) is 0 Å². The Hall–Kier alpha value is -1.32. The van der Waals surface area contributed by atoms with Crippen molar-refractivity contribution in [2.45, 2.75) is 58.4 Å². The summed E-state index contributed by atoms with van der Waals surface area (Å²) < 4.78 is 0. The molecule has 0 amide bonds. The van der Waals surface area contributed by atoms with E-state index in [9.17, 15) is 0 Å². The number of hydrogen-bond donors (Lipinski definition) is 1. The zero-order chi connectivity index (χ0) is 17.2. The van der Waals surface area contributed by atoms with Gasteiger partial charge in [0, 0.05) is 16.6 Å². The molecule has 0 radical (unpaired) electrons. The Morgan fingerprint density at radius 2 is 1.88 bits per heavy atom. The van der Waals surface area contributed by atoms with E-state index in [0.29, 0.717) is 6.04 Å². The number of unbranched alkanes of at least 4 members (excludes halogenated alkanes) is 1. The van der Waals surface area contributed by atoms with Crippen LogP contribution in [0.4, 0.5) is 5.69 Å². The summed E-state index contributed by atoms with van der Waals surface area (Å²) in [4.78, 5) is 4.21. The molecule has 0 fully saturated rings. The third kappa shape index (κ3) is 6.29. The SMILES string of the molecule is CCCC(Cc1cccs1)N(CC)CCCCc1ccc(N)cc1. The van der Waals surface area contributed by atoms with Crippen molar-refractivity contribution < 1.29 is 0 Å². The molecule has 2 rings (SSSR count). The van der Waals surface area contributed by atoms with Crippen LogP contribution in [0.1, 0.15) is 50.0 Å². The van der Waals surface area contributed by atoms with Gasteiger partial charge in [-0.25, -0.2) is 0 Å². The highest BCUT2D eigenvalue weighted by molar-refractivity contribution is 7.09. The number of nitrogen functional groups attached to an aromatic ring is 1. The van der Waals surface area contributed by atoms with Gasteiger partial charge in [0.2, 0.25) is 0 Å². The fraction of sp³-hybridized carbons (Fsp3) is 0.524. The number of thiophene rings is 1. The summed E-state index contributed by atoms with van der Waals surface area (Å²) in [5.74, 6) is 0. The quantitative estimate of drug-likeness (QED) is 0.437. The molecule has 1 aromatic carbocycles. The number of rotatable bonds is 11. The molecule has 0 saturated carbocycles. The normalized spacial score (nSPS) is 12.6. The average Bonchev–Trinajstić information content (AvgIpc) is 3.09. The van der Waals surface area contributed by atoms with E-state index in [2.05, 4.69) is 48.4 Å².